The monoisotopic (exact) mass is 335 g/mol. The van der Waals surface area contributed by atoms with Crippen LogP contribution in [0.4, 0.5) is 4.39 Å². The van der Waals surface area contributed by atoms with Gasteiger partial charge in [0.15, 0.2) is 0 Å². The predicted octanol–water partition coefficient (Wildman–Crippen LogP) is 4.56. The summed E-state index contributed by atoms with van der Waals surface area (Å²) in [7, 11) is 0. The second kappa shape index (κ2) is 6.44. The molecule has 0 aliphatic heterocycles. The van der Waals surface area contributed by atoms with Crippen LogP contribution in [0.1, 0.15) is 15.2 Å². The second-order valence-electron chi connectivity index (χ2n) is 4.59. The Bertz CT molecular complexity index is 820. The maximum atomic E-state index is 13.2. The highest BCUT2D eigenvalue weighted by atomic mass is 35.5. The number of amides is 1. The lowest BCUT2D eigenvalue weighted by Crippen LogP contribution is -2.22. The van der Waals surface area contributed by atoms with E-state index in [2.05, 4.69) is 5.48 Å². The number of rotatable bonds is 4. The Morgan fingerprint density at radius 1 is 1.23 bits per heavy atom. The molecule has 3 aromatic rings. The summed E-state index contributed by atoms with van der Waals surface area (Å²) in [6, 6.07) is 13.7. The number of carbonyl (C=O) groups excluding carboxylic acids is 1. The van der Waals surface area contributed by atoms with E-state index < -0.39 is 5.91 Å². The molecule has 0 saturated carbocycles. The number of hydrogen-bond donors (Lipinski definition) is 1. The molecule has 0 radical (unpaired) electrons. The van der Waals surface area contributed by atoms with Gasteiger partial charge in [-0.15, -0.1) is 11.3 Å². The third-order valence-corrected chi connectivity index (χ3v) is 4.70. The van der Waals surface area contributed by atoms with Gasteiger partial charge in [0, 0.05) is 10.1 Å². The number of carbonyl (C=O) groups is 1. The molecular weight excluding hydrogens is 325 g/mol. The first-order valence-electron chi connectivity index (χ1n) is 6.49. The molecule has 3 nitrogen and oxygen atoms in total. The van der Waals surface area contributed by atoms with Gasteiger partial charge in [0.2, 0.25) is 0 Å². The Balaban J connectivity index is 1.71. The Labute approximate surface area is 135 Å². The molecule has 112 valence electrons. The van der Waals surface area contributed by atoms with Crippen LogP contribution in [-0.2, 0) is 11.4 Å². The van der Waals surface area contributed by atoms with Gasteiger partial charge in [-0.1, -0.05) is 41.9 Å². The fraction of sp³-hybridized carbons (Fsp3) is 0.0625. The Kier molecular flexibility index (Phi) is 4.38. The molecule has 1 heterocycles. The molecule has 0 saturated heterocycles. The number of nitrogens with one attached hydrogen (secondary N) is 1. The van der Waals surface area contributed by atoms with Crippen LogP contribution in [0.25, 0.3) is 10.1 Å². The van der Waals surface area contributed by atoms with E-state index in [-0.39, 0.29) is 12.4 Å². The topological polar surface area (TPSA) is 38.3 Å². The number of halogens is 2. The second-order valence-corrected chi connectivity index (χ2v) is 6.02. The lowest BCUT2D eigenvalue weighted by molar-refractivity contribution is 0.0237. The van der Waals surface area contributed by atoms with Gasteiger partial charge in [0.1, 0.15) is 10.7 Å². The van der Waals surface area contributed by atoms with Crippen molar-refractivity contribution in [2.45, 2.75) is 6.61 Å². The van der Waals surface area contributed by atoms with Crippen LogP contribution in [0.5, 0.6) is 0 Å². The third-order valence-electron chi connectivity index (χ3n) is 3.04. The minimum atomic E-state index is -0.442. The van der Waals surface area contributed by atoms with E-state index in [4.69, 9.17) is 16.4 Å². The summed E-state index contributed by atoms with van der Waals surface area (Å²) in [5.74, 6) is -0.805. The molecule has 1 N–H and O–H groups in total. The van der Waals surface area contributed by atoms with Crippen LogP contribution in [-0.4, -0.2) is 5.91 Å². The molecule has 0 fully saturated rings. The zero-order valence-electron chi connectivity index (χ0n) is 11.3. The highest BCUT2D eigenvalue weighted by Gasteiger charge is 2.17. The van der Waals surface area contributed by atoms with E-state index in [0.29, 0.717) is 20.0 Å². The van der Waals surface area contributed by atoms with Crippen LogP contribution < -0.4 is 5.48 Å². The van der Waals surface area contributed by atoms with Crippen molar-refractivity contribution in [2.24, 2.45) is 0 Å². The summed E-state index contributed by atoms with van der Waals surface area (Å²) in [5, 5.41) is 0.960. The first kappa shape index (κ1) is 15.0. The molecule has 0 aliphatic rings. The number of benzene rings is 2. The molecule has 0 aliphatic carbocycles. The Hall–Kier alpha value is -1.95. The molecular formula is C16H11ClFNO2S. The van der Waals surface area contributed by atoms with Crippen molar-refractivity contribution < 1.29 is 14.0 Å². The van der Waals surface area contributed by atoms with E-state index in [1.807, 2.05) is 30.3 Å². The first-order valence-corrected chi connectivity index (χ1v) is 7.68. The van der Waals surface area contributed by atoms with Gasteiger partial charge in [0.05, 0.1) is 11.6 Å². The van der Waals surface area contributed by atoms with Gasteiger partial charge in [-0.2, -0.15) is 0 Å². The summed E-state index contributed by atoms with van der Waals surface area (Å²) in [5.41, 5.74) is 3.29. The fourth-order valence-corrected chi connectivity index (χ4v) is 3.42. The lowest BCUT2D eigenvalue weighted by Gasteiger charge is -2.04. The molecule has 2 aromatic carbocycles. The van der Waals surface area contributed by atoms with Gasteiger partial charge in [-0.05, 0) is 23.8 Å². The van der Waals surface area contributed by atoms with Crippen molar-refractivity contribution in [1.29, 1.82) is 0 Å². The summed E-state index contributed by atoms with van der Waals surface area (Å²) < 4.78 is 13.8. The molecule has 0 atom stereocenters. The number of thiophene rings is 1. The minimum Gasteiger partial charge on any atom is -0.269 e. The number of hydrogen-bond acceptors (Lipinski definition) is 3. The average Bonchev–Trinajstić information content (AvgIpc) is 2.84. The lowest BCUT2D eigenvalue weighted by atomic mass is 10.2. The van der Waals surface area contributed by atoms with Crippen molar-refractivity contribution in [1.82, 2.24) is 5.48 Å². The molecule has 22 heavy (non-hydrogen) atoms. The van der Waals surface area contributed by atoms with Gasteiger partial charge in [-0.3, -0.25) is 9.63 Å². The van der Waals surface area contributed by atoms with Gasteiger partial charge >= 0.3 is 0 Å². The summed E-state index contributed by atoms with van der Waals surface area (Å²) in [6.07, 6.45) is 0. The van der Waals surface area contributed by atoms with Crippen molar-refractivity contribution in [3.8, 4) is 0 Å². The quantitative estimate of drug-likeness (QED) is 0.710. The van der Waals surface area contributed by atoms with Crippen molar-refractivity contribution >= 4 is 38.9 Å². The largest absolute Gasteiger partial charge is 0.286 e. The molecule has 0 spiro atoms. The maximum absolute atomic E-state index is 13.2. The minimum absolute atomic E-state index is 0.254. The normalized spacial score (nSPS) is 10.8. The Morgan fingerprint density at radius 2 is 2.00 bits per heavy atom. The van der Waals surface area contributed by atoms with E-state index in [1.54, 1.807) is 6.07 Å². The van der Waals surface area contributed by atoms with Crippen molar-refractivity contribution in [3.63, 3.8) is 0 Å². The summed E-state index contributed by atoms with van der Waals surface area (Å²) in [4.78, 5) is 17.6. The average molecular weight is 336 g/mol. The third kappa shape index (κ3) is 3.11. The maximum Gasteiger partial charge on any atom is 0.286 e. The van der Waals surface area contributed by atoms with Crippen LogP contribution in [0, 0.1) is 5.82 Å². The molecule has 0 bridgehead atoms. The molecule has 0 unspecified atom stereocenters. The van der Waals surface area contributed by atoms with Crippen LogP contribution in [0.3, 0.4) is 0 Å². The Morgan fingerprint density at radius 3 is 2.77 bits per heavy atom. The zero-order chi connectivity index (χ0) is 15.5. The standard InChI is InChI=1S/C16H11ClFNO2S/c17-14-12-7-6-11(18)8-13(12)22-15(14)16(20)19-21-9-10-4-2-1-3-5-10/h1-8H,9H2,(H,19,20). The summed E-state index contributed by atoms with van der Waals surface area (Å²) >= 11 is 7.30. The summed E-state index contributed by atoms with van der Waals surface area (Å²) in [6.45, 7) is 0.254. The van der Waals surface area contributed by atoms with Gasteiger partial charge < -0.3 is 0 Å². The van der Waals surface area contributed by atoms with Crippen LogP contribution in [0.15, 0.2) is 48.5 Å². The predicted molar refractivity (Wildman–Crippen MR) is 85.5 cm³/mol. The van der Waals surface area contributed by atoms with Crippen molar-refractivity contribution in [3.05, 3.63) is 69.8 Å². The molecule has 3 rings (SSSR count). The van der Waals surface area contributed by atoms with E-state index in [1.165, 1.54) is 12.1 Å². The van der Waals surface area contributed by atoms with Crippen LogP contribution >= 0.6 is 22.9 Å². The fourth-order valence-electron chi connectivity index (χ4n) is 1.99. The zero-order valence-corrected chi connectivity index (χ0v) is 12.9. The van der Waals surface area contributed by atoms with Crippen molar-refractivity contribution in [2.75, 3.05) is 0 Å². The highest BCUT2D eigenvalue weighted by molar-refractivity contribution is 7.21. The molecule has 6 heteroatoms. The number of fused-ring (bicyclic) bond motifs is 1. The van der Waals surface area contributed by atoms with E-state index in [0.717, 1.165) is 16.9 Å². The highest BCUT2D eigenvalue weighted by Crippen LogP contribution is 2.35. The van der Waals surface area contributed by atoms with E-state index in [9.17, 15) is 9.18 Å². The molecule has 1 amide bonds. The first-order chi connectivity index (χ1) is 10.6. The SMILES string of the molecule is O=C(NOCc1ccccc1)c1sc2cc(F)ccc2c1Cl. The van der Waals surface area contributed by atoms with E-state index >= 15 is 0 Å². The van der Waals surface area contributed by atoms with Crippen LogP contribution in [0.2, 0.25) is 5.02 Å². The number of hydroxylamine groups is 1. The molecule has 1 aromatic heterocycles. The van der Waals surface area contributed by atoms with Gasteiger partial charge in [-0.25, -0.2) is 9.87 Å². The smallest absolute Gasteiger partial charge is 0.269 e. The van der Waals surface area contributed by atoms with Gasteiger partial charge in [0.25, 0.3) is 5.91 Å².